The Hall–Kier alpha value is -2.59. The number of aromatic nitrogens is 2. The zero-order chi connectivity index (χ0) is 19.7. The van der Waals surface area contributed by atoms with Crippen LogP contribution in [-0.2, 0) is 0 Å². The standard InChI is InChI=1S/C22H13Cl3N2O/c23-15-11-9-14(18(25)13-15)10-12-21-26-19-7-3-1-5-16(19)22(28)27(21)20-8-4-2-6-17(20)24/h1-13H. The Morgan fingerprint density at radius 1 is 0.821 bits per heavy atom. The molecule has 138 valence electrons. The minimum Gasteiger partial charge on any atom is -0.268 e. The van der Waals surface area contributed by atoms with Crippen LogP contribution >= 0.6 is 34.8 Å². The molecule has 28 heavy (non-hydrogen) atoms. The van der Waals surface area contributed by atoms with Gasteiger partial charge >= 0.3 is 0 Å². The molecule has 0 aliphatic carbocycles. The summed E-state index contributed by atoms with van der Waals surface area (Å²) in [5.41, 5.74) is 1.74. The highest BCUT2D eigenvalue weighted by molar-refractivity contribution is 6.35. The molecule has 0 aliphatic heterocycles. The molecule has 0 aliphatic rings. The smallest absolute Gasteiger partial charge is 0.266 e. The van der Waals surface area contributed by atoms with Gasteiger partial charge in [0, 0.05) is 10.0 Å². The molecule has 0 N–H and O–H groups in total. The van der Waals surface area contributed by atoms with Crippen LogP contribution in [0, 0.1) is 0 Å². The van der Waals surface area contributed by atoms with Crippen molar-refractivity contribution in [2.24, 2.45) is 0 Å². The van der Waals surface area contributed by atoms with E-state index in [4.69, 9.17) is 34.8 Å². The van der Waals surface area contributed by atoms with E-state index in [2.05, 4.69) is 4.98 Å². The molecular formula is C22H13Cl3N2O. The first kappa shape index (κ1) is 18.8. The topological polar surface area (TPSA) is 34.9 Å². The van der Waals surface area contributed by atoms with Crippen molar-refractivity contribution in [3.05, 3.63) is 104 Å². The van der Waals surface area contributed by atoms with Gasteiger partial charge in [0.2, 0.25) is 0 Å². The van der Waals surface area contributed by atoms with Gasteiger partial charge in [0.05, 0.1) is 21.6 Å². The Labute approximate surface area is 176 Å². The lowest BCUT2D eigenvalue weighted by Crippen LogP contribution is -2.22. The molecule has 0 spiro atoms. The van der Waals surface area contributed by atoms with Gasteiger partial charge in [-0.3, -0.25) is 9.36 Å². The third kappa shape index (κ3) is 3.57. The second-order valence-electron chi connectivity index (χ2n) is 6.08. The summed E-state index contributed by atoms with van der Waals surface area (Å²) < 4.78 is 1.50. The number of para-hydroxylation sites is 2. The lowest BCUT2D eigenvalue weighted by molar-refractivity contribution is 0.944. The van der Waals surface area contributed by atoms with Crippen LogP contribution in [-0.4, -0.2) is 9.55 Å². The van der Waals surface area contributed by atoms with Gasteiger partial charge < -0.3 is 0 Å². The number of hydrogen-bond acceptors (Lipinski definition) is 2. The Bertz CT molecular complexity index is 1280. The summed E-state index contributed by atoms with van der Waals surface area (Å²) in [7, 11) is 0. The van der Waals surface area contributed by atoms with Crippen molar-refractivity contribution in [2.75, 3.05) is 0 Å². The summed E-state index contributed by atoms with van der Waals surface area (Å²) in [6.45, 7) is 0. The van der Waals surface area contributed by atoms with E-state index in [1.165, 1.54) is 4.57 Å². The maximum absolute atomic E-state index is 13.2. The second kappa shape index (κ2) is 7.80. The highest BCUT2D eigenvalue weighted by Gasteiger charge is 2.13. The van der Waals surface area contributed by atoms with E-state index in [0.29, 0.717) is 37.5 Å². The van der Waals surface area contributed by atoms with Crippen LogP contribution in [0.3, 0.4) is 0 Å². The van der Waals surface area contributed by atoms with Crippen LogP contribution in [0.1, 0.15) is 11.4 Å². The van der Waals surface area contributed by atoms with Gasteiger partial charge in [0.15, 0.2) is 0 Å². The van der Waals surface area contributed by atoms with Crippen LogP contribution in [0.25, 0.3) is 28.7 Å². The molecule has 0 unspecified atom stereocenters. The van der Waals surface area contributed by atoms with E-state index < -0.39 is 0 Å². The monoisotopic (exact) mass is 426 g/mol. The molecule has 1 heterocycles. The van der Waals surface area contributed by atoms with Crippen molar-refractivity contribution < 1.29 is 0 Å². The van der Waals surface area contributed by atoms with E-state index in [1.54, 1.807) is 54.6 Å². The van der Waals surface area contributed by atoms with Crippen LogP contribution in [0.2, 0.25) is 15.1 Å². The molecule has 0 saturated heterocycles. The van der Waals surface area contributed by atoms with Gasteiger partial charge in [-0.1, -0.05) is 65.1 Å². The van der Waals surface area contributed by atoms with Gasteiger partial charge in [-0.2, -0.15) is 0 Å². The molecule has 3 nitrogen and oxygen atoms in total. The van der Waals surface area contributed by atoms with Crippen molar-refractivity contribution in [3.8, 4) is 5.69 Å². The lowest BCUT2D eigenvalue weighted by atomic mass is 10.2. The van der Waals surface area contributed by atoms with E-state index in [-0.39, 0.29) is 5.56 Å². The van der Waals surface area contributed by atoms with Crippen molar-refractivity contribution in [1.82, 2.24) is 9.55 Å². The number of nitrogens with zero attached hydrogens (tertiary/aromatic N) is 2. The normalized spacial score (nSPS) is 11.4. The number of rotatable bonds is 3. The first-order chi connectivity index (χ1) is 13.5. The Morgan fingerprint density at radius 3 is 2.36 bits per heavy atom. The average Bonchev–Trinajstić information content (AvgIpc) is 2.68. The fourth-order valence-electron chi connectivity index (χ4n) is 2.93. The first-order valence-electron chi connectivity index (χ1n) is 8.44. The predicted octanol–water partition coefficient (Wildman–Crippen LogP) is 6.52. The minimum absolute atomic E-state index is 0.194. The Balaban J connectivity index is 1.96. The summed E-state index contributed by atoms with van der Waals surface area (Å²) in [4.78, 5) is 17.9. The van der Waals surface area contributed by atoms with Crippen molar-refractivity contribution in [3.63, 3.8) is 0 Å². The van der Waals surface area contributed by atoms with Crippen molar-refractivity contribution in [1.29, 1.82) is 0 Å². The van der Waals surface area contributed by atoms with E-state index in [1.807, 2.05) is 24.3 Å². The van der Waals surface area contributed by atoms with Gasteiger partial charge in [-0.15, -0.1) is 0 Å². The minimum atomic E-state index is -0.194. The summed E-state index contributed by atoms with van der Waals surface area (Å²) in [5, 5.41) is 2.04. The number of fused-ring (bicyclic) bond motifs is 1. The molecule has 0 radical (unpaired) electrons. The summed E-state index contributed by atoms with van der Waals surface area (Å²) in [6.07, 6.45) is 3.54. The molecule has 3 aromatic carbocycles. The van der Waals surface area contributed by atoms with Crippen LogP contribution in [0.4, 0.5) is 0 Å². The first-order valence-corrected chi connectivity index (χ1v) is 9.58. The lowest BCUT2D eigenvalue weighted by Gasteiger charge is -2.12. The zero-order valence-electron chi connectivity index (χ0n) is 14.4. The molecule has 4 rings (SSSR count). The van der Waals surface area contributed by atoms with Gasteiger partial charge in [0.25, 0.3) is 5.56 Å². The molecular weight excluding hydrogens is 415 g/mol. The van der Waals surface area contributed by atoms with Gasteiger partial charge in [-0.25, -0.2) is 4.98 Å². The Morgan fingerprint density at radius 2 is 1.57 bits per heavy atom. The predicted molar refractivity (Wildman–Crippen MR) is 118 cm³/mol. The summed E-state index contributed by atoms with van der Waals surface area (Å²) >= 11 is 18.6. The molecule has 0 saturated carbocycles. The van der Waals surface area contributed by atoms with Gasteiger partial charge in [-0.05, 0) is 54.1 Å². The van der Waals surface area contributed by atoms with Gasteiger partial charge in [0.1, 0.15) is 5.82 Å². The highest BCUT2D eigenvalue weighted by atomic mass is 35.5. The molecule has 0 bridgehead atoms. The van der Waals surface area contributed by atoms with Crippen molar-refractivity contribution in [2.45, 2.75) is 0 Å². The second-order valence-corrected chi connectivity index (χ2v) is 7.33. The van der Waals surface area contributed by atoms with Crippen LogP contribution in [0.15, 0.2) is 71.5 Å². The molecule has 0 amide bonds. The number of benzene rings is 3. The maximum atomic E-state index is 13.2. The highest BCUT2D eigenvalue weighted by Crippen LogP contribution is 2.24. The molecule has 0 atom stereocenters. The molecule has 6 heteroatoms. The van der Waals surface area contributed by atoms with E-state index in [0.717, 1.165) is 5.56 Å². The molecule has 1 aromatic heterocycles. The van der Waals surface area contributed by atoms with Crippen LogP contribution in [0.5, 0.6) is 0 Å². The number of hydrogen-bond donors (Lipinski definition) is 0. The fraction of sp³-hybridized carbons (Fsp3) is 0. The van der Waals surface area contributed by atoms with E-state index >= 15 is 0 Å². The molecule has 0 fully saturated rings. The van der Waals surface area contributed by atoms with Crippen LogP contribution < -0.4 is 5.56 Å². The Kier molecular flexibility index (Phi) is 5.23. The summed E-state index contributed by atoms with van der Waals surface area (Å²) in [5.74, 6) is 0.447. The fourth-order valence-corrected chi connectivity index (χ4v) is 3.62. The van der Waals surface area contributed by atoms with E-state index in [9.17, 15) is 4.79 Å². The third-order valence-electron chi connectivity index (χ3n) is 4.27. The number of halogens is 3. The maximum Gasteiger partial charge on any atom is 0.266 e. The largest absolute Gasteiger partial charge is 0.268 e. The average molecular weight is 428 g/mol. The van der Waals surface area contributed by atoms with Crippen molar-refractivity contribution >= 4 is 57.9 Å². The molecule has 4 aromatic rings. The summed E-state index contributed by atoms with van der Waals surface area (Å²) in [6, 6.07) is 19.6. The third-order valence-corrected chi connectivity index (χ3v) is 5.15. The quantitative estimate of drug-likeness (QED) is 0.373. The zero-order valence-corrected chi connectivity index (χ0v) is 16.7. The SMILES string of the molecule is O=c1c2ccccc2nc(C=Cc2ccc(Cl)cc2Cl)n1-c1ccccc1Cl.